The summed E-state index contributed by atoms with van der Waals surface area (Å²) >= 11 is 3.70. The Labute approximate surface area is 457 Å². The second kappa shape index (κ2) is 27.6. The zero-order valence-corrected chi connectivity index (χ0v) is 42.4. The van der Waals surface area contributed by atoms with Gasteiger partial charge in [-0.15, -0.1) is 5.70 Å². The number of anilines is 3. The number of carbonyl (C=O) groups excluding carboxylic acids is 3. The average molecular weight is 1130 g/mol. The van der Waals surface area contributed by atoms with Crippen molar-refractivity contribution in [2.75, 3.05) is 4.90 Å². The molecule has 0 saturated heterocycles. The van der Waals surface area contributed by atoms with Crippen molar-refractivity contribution in [3.8, 4) is 73.4 Å². The molecule has 0 spiro atoms. The molecule has 2 N–H and O–H groups in total. The number of isothiocyanates is 1. The van der Waals surface area contributed by atoms with Crippen LogP contribution in [0.4, 0.5) is 30.2 Å². The summed E-state index contributed by atoms with van der Waals surface area (Å²) in [6, 6.07) is 57.4. The van der Waals surface area contributed by atoms with Crippen LogP contribution in [0.25, 0.3) is 73.0 Å². The maximum Gasteiger partial charge on any atom is 2.00 e. The van der Waals surface area contributed by atoms with Crippen LogP contribution in [0.5, 0.6) is 17.2 Å². The van der Waals surface area contributed by atoms with Crippen LogP contribution in [-0.4, -0.2) is 56.4 Å². The quantitative estimate of drug-likeness (QED) is 0.0415. The van der Waals surface area contributed by atoms with Gasteiger partial charge in [-0.3, -0.25) is 34.7 Å². The Morgan fingerprint density at radius 3 is 1.30 bits per heavy atom. The Balaban J connectivity index is 0.000000264. The van der Waals surface area contributed by atoms with Crippen LogP contribution in [0, 0.1) is 5.41 Å². The van der Waals surface area contributed by atoms with Gasteiger partial charge in [0.15, 0.2) is 0 Å². The van der Waals surface area contributed by atoms with Crippen molar-refractivity contribution in [2.24, 2.45) is 0 Å². The van der Waals surface area contributed by atoms with Crippen LogP contribution in [0.2, 0.25) is 0 Å². The molecule has 0 radical (unpaired) electrons. The summed E-state index contributed by atoms with van der Waals surface area (Å²) in [5, 5.41) is 15.7. The third kappa shape index (κ3) is 15.4. The molecule has 0 fully saturated rings. The number of carbonyl (C=O) groups is 3. The smallest absolute Gasteiger partial charge is 0.753 e. The van der Waals surface area contributed by atoms with E-state index in [1.807, 2.05) is 60.7 Å². The molecule has 0 aliphatic heterocycles. The van der Waals surface area contributed by atoms with E-state index in [4.69, 9.17) is 30.8 Å². The second-order valence-corrected chi connectivity index (χ2v) is 15.9. The van der Waals surface area contributed by atoms with E-state index in [1.165, 1.54) is 60.1 Å². The van der Waals surface area contributed by atoms with E-state index >= 15 is 0 Å². The van der Waals surface area contributed by atoms with E-state index < -0.39 is 17.6 Å². The number of pyridine rings is 4. The van der Waals surface area contributed by atoms with Crippen LogP contribution >= 0.6 is 12.2 Å². The van der Waals surface area contributed by atoms with Crippen LogP contribution in [0.3, 0.4) is 0 Å². The topological polar surface area (TPSA) is 204 Å². The van der Waals surface area contributed by atoms with Gasteiger partial charge in [0.1, 0.15) is 23.0 Å². The first kappa shape index (κ1) is 56.6. The third-order valence-electron chi connectivity index (χ3n) is 10.9. The average Bonchev–Trinajstić information content (AvgIpc) is 3.45. The van der Waals surface area contributed by atoms with Gasteiger partial charge in [0, 0.05) is 65.6 Å². The van der Waals surface area contributed by atoms with Crippen LogP contribution in [0.15, 0.2) is 207 Å². The fourth-order valence-corrected chi connectivity index (χ4v) is 7.43. The van der Waals surface area contributed by atoms with Gasteiger partial charge >= 0.3 is 25.7 Å². The summed E-state index contributed by atoms with van der Waals surface area (Å²) in [4.78, 5) is 50.8. The van der Waals surface area contributed by atoms with E-state index in [9.17, 15) is 27.6 Å². The fourth-order valence-electron chi connectivity index (χ4n) is 7.43. The normalized spacial score (nSPS) is 10.6. The van der Waals surface area contributed by atoms with Crippen molar-refractivity contribution < 1.29 is 61.2 Å². The van der Waals surface area contributed by atoms with Crippen molar-refractivity contribution in [2.45, 2.75) is 6.18 Å². The number of halogens is 3. The molecule has 0 unspecified atom stereocenters. The molecule has 77 heavy (non-hydrogen) atoms. The molecule has 14 nitrogen and oxygen atoms in total. The monoisotopic (exact) mass is 1130 g/mol. The number of hydrogen-bond acceptors (Lipinski definition) is 13. The van der Waals surface area contributed by atoms with E-state index in [0.717, 1.165) is 44.9 Å². The Morgan fingerprint density at radius 1 is 0.532 bits per heavy atom. The third-order valence-corrected chi connectivity index (χ3v) is 10.9. The summed E-state index contributed by atoms with van der Waals surface area (Å²) in [5.74, 6) is 0.760. The number of benzene rings is 5. The van der Waals surface area contributed by atoms with Gasteiger partial charge in [0.2, 0.25) is 0 Å². The molecule has 0 bridgehead atoms. The minimum atomic E-state index is -4.82. The van der Waals surface area contributed by atoms with E-state index in [1.54, 1.807) is 12.1 Å². The zero-order valence-electron chi connectivity index (χ0n) is 39.9. The predicted molar refractivity (Wildman–Crippen MR) is 288 cm³/mol. The Bertz CT molecular complexity index is 3360. The molecular weight excluding hydrogens is 1090 g/mol. The number of allylic oxidation sites excluding steroid dienone is 1. The molecule has 9 aromatic rings. The summed E-state index contributed by atoms with van der Waals surface area (Å²) in [7, 11) is 0. The number of nitrogens with one attached hydrogen (secondary N) is 2. The SMILES string of the molecule is N=C(/C=C(\[NH-])c1cc(-c2ccc(N(c3ccc(-c4ccccc4)cc3)c3ccc(-c4ccccc4)cc3)cc2)ccn1)C(F)(F)F.O=COc1ccnc(-c2cc(OC=O)cc(-c3cc(OC=O)ccn3)n2)c1.[N-]=C=S.[Ru+2]. The minimum absolute atomic E-state index is 0. The van der Waals surface area contributed by atoms with Crippen molar-refractivity contribution >= 4 is 65.3 Å². The summed E-state index contributed by atoms with van der Waals surface area (Å²) in [6.07, 6.45) is -0.0131. The number of nitrogens with zero attached hydrogens (tertiary/aromatic N) is 6. The molecular formula is C58H39F3N8O6RuS. The van der Waals surface area contributed by atoms with E-state index in [-0.39, 0.29) is 48.9 Å². The molecule has 0 amide bonds. The molecule has 0 aliphatic rings. The number of hydrogen-bond donors (Lipinski definition) is 1. The number of aromatic nitrogens is 4. The van der Waals surface area contributed by atoms with Gasteiger partial charge < -0.3 is 30.3 Å². The Kier molecular flexibility index (Phi) is 20.3. The molecule has 0 saturated carbocycles. The van der Waals surface area contributed by atoms with Gasteiger partial charge in [0.05, 0.1) is 22.8 Å². The molecule has 382 valence electrons. The van der Waals surface area contributed by atoms with Gasteiger partial charge in [-0.2, -0.15) is 18.3 Å². The second-order valence-electron chi connectivity index (χ2n) is 15.7. The van der Waals surface area contributed by atoms with Crippen molar-refractivity contribution in [3.05, 3.63) is 223 Å². The Hall–Kier alpha value is -9.67. The van der Waals surface area contributed by atoms with Gasteiger partial charge in [-0.1, -0.05) is 109 Å². The van der Waals surface area contributed by atoms with Crippen LogP contribution < -0.4 is 19.1 Å². The summed E-state index contributed by atoms with van der Waals surface area (Å²) in [6.45, 7) is 0.875. The van der Waals surface area contributed by atoms with Gasteiger partial charge in [0.25, 0.3) is 19.4 Å². The van der Waals surface area contributed by atoms with Crippen molar-refractivity contribution in [3.63, 3.8) is 0 Å². The van der Waals surface area contributed by atoms with E-state index in [2.05, 4.69) is 110 Å². The molecule has 4 aromatic heterocycles. The molecule has 9 rings (SSSR count). The van der Waals surface area contributed by atoms with Gasteiger partial charge in [-0.25, -0.2) is 4.98 Å². The Morgan fingerprint density at radius 2 is 0.896 bits per heavy atom. The number of rotatable bonds is 16. The van der Waals surface area contributed by atoms with Crippen LogP contribution in [-0.2, 0) is 33.9 Å². The van der Waals surface area contributed by atoms with E-state index in [0.29, 0.717) is 47.4 Å². The molecule has 19 heteroatoms. The molecule has 5 aromatic carbocycles. The number of ether oxygens (including phenoxy) is 3. The maximum absolute atomic E-state index is 12.8. The predicted octanol–water partition coefficient (Wildman–Crippen LogP) is 14.0. The first-order valence-electron chi connectivity index (χ1n) is 22.5. The summed E-state index contributed by atoms with van der Waals surface area (Å²) < 4.78 is 53.1. The first-order valence-corrected chi connectivity index (χ1v) is 22.9. The summed E-state index contributed by atoms with van der Waals surface area (Å²) in [5.41, 5.74) is 16.4. The minimum Gasteiger partial charge on any atom is -0.753 e. The largest absolute Gasteiger partial charge is 2.00 e. The molecule has 4 heterocycles. The van der Waals surface area contributed by atoms with Crippen LogP contribution in [0.1, 0.15) is 5.69 Å². The first-order chi connectivity index (χ1) is 36.9. The maximum atomic E-state index is 12.8. The van der Waals surface area contributed by atoms with Crippen molar-refractivity contribution in [1.29, 1.82) is 5.41 Å². The standard InChI is InChI=1S/C39H28F3N4.C18H11N3O6.CNS.Ru/c40-39(41,42)38(44)26-36(43)37-25-32(23-24-45-37)31-15-21-35(22-16-31)46(33-17-11-29(12-18-33)27-7-3-1-4-8-27)34-19-13-30(14-20-34)28-9-5-2-6-10-28;22-9-25-12-1-3-19-15(5-12)17-7-14(27-11-24)8-18(21-17)16-6-13(26-10-23)2-4-20-16;2-1-3;/h1-26,43-44H;1-11H;;/q-1;;-1;+2/b36-26-,44-38?;;;. The molecule has 0 atom stereocenters. The molecule has 0 aliphatic carbocycles. The number of thiocarbonyl (C=S) groups is 1. The number of alkyl halides is 3. The van der Waals surface area contributed by atoms with Gasteiger partial charge in [-0.05, 0) is 100 Å². The zero-order chi connectivity index (χ0) is 53.9. The van der Waals surface area contributed by atoms with Crippen molar-refractivity contribution in [1.82, 2.24) is 19.9 Å². The fraction of sp³-hybridized carbons (Fsp3) is 0.0172.